The molecule has 1 aromatic heterocycles. The minimum Gasteiger partial charge on any atom is -0.318 e. The van der Waals surface area contributed by atoms with Gasteiger partial charge in [-0.3, -0.25) is 14.9 Å². The number of hydrogen-bond acceptors (Lipinski definition) is 6. The SMILES string of the molecule is Cc1cccc(-n2c(C)cc(/C=N\NC(=O)CN(c3ccccc3[N+](=O)[O-])S(=O)(=O)c3ccccc3)c2C)c1. The number of nitrogens with one attached hydrogen (secondary N) is 1. The number of carbonyl (C=O) groups excluding carboxylic acids is 1. The van der Waals surface area contributed by atoms with Crippen molar-refractivity contribution >= 4 is 33.5 Å². The minimum atomic E-state index is -4.31. The van der Waals surface area contributed by atoms with Crippen molar-refractivity contribution in [3.05, 3.63) is 118 Å². The number of nitro benzene ring substituents is 1. The van der Waals surface area contributed by atoms with Gasteiger partial charge in [-0.1, -0.05) is 42.5 Å². The van der Waals surface area contributed by atoms with Crippen molar-refractivity contribution in [2.24, 2.45) is 5.10 Å². The molecule has 0 bridgehead atoms. The Morgan fingerprint density at radius 1 is 1.00 bits per heavy atom. The van der Waals surface area contributed by atoms with Crippen LogP contribution in [-0.4, -0.2) is 36.6 Å². The number of hydrazone groups is 1. The highest BCUT2D eigenvalue weighted by molar-refractivity contribution is 7.92. The normalized spacial score (nSPS) is 11.5. The fourth-order valence-corrected chi connectivity index (χ4v) is 5.73. The van der Waals surface area contributed by atoms with Crippen LogP contribution in [0.25, 0.3) is 5.69 Å². The molecule has 0 aliphatic rings. The van der Waals surface area contributed by atoms with Crippen LogP contribution in [-0.2, 0) is 14.8 Å². The number of benzene rings is 3. The van der Waals surface area contributed by atoms with Crippen LogP contribution in [0.2, 0.25) is 0 Å². The van der Waals surface area contributed by atoms with Crippen LogP contribution in [0.3, 0.4) is 0 Å². The molecule has 10 nitrogen and oxygen atoms in total. The molecule has 0 saturated heterocycles. The fraction of sp³-hybridized carbons (Fsp3) is 0.143. The summed E-state index contributed by atoms with van der Waals surface area (Å²) in [5.74, 6) is -0.767. The summed E-state index contributed by atoms with van der Waals surface area (Å²) in [5.41, 5.74) is 6.45. The third-order valence-electron chi connectivity index (χ3n) is 6.09. The number of nitro groups is 1. The second kappa shape index (κ2) is 11.3. The predicted molar refractivity (Wildman–Crippen MR) is 150 cm³/mol. The van der Waals surface area contributed by atoms with E-state index in [9.17, 15) is 23.3 Å². The molecule has 4 rings (SSSR count). The van der Waals surface area contributed by atoms with Gasteiger partial charge in [0.15, 0.2) is 0 Å². The number of sulfonamides is 1. The first kappa shape index (κ1) is 27.3. The molecule has 4 aromatic rings. The average Bonchev–Trinajstić information content (AvgIpc) is 3.20. The van der Waals surface area contributed by atoms with Gasteiger partial charge in [0, 0.05) is 28.7 Å². The van der Waals surface area contributed by atoms with Gasteiger partial charge in [0.25, 0.3) is 21.6 Å². The van der Waals surface area contributed by atoms with E-state index in [1.165, 1.54) is 54.7 Å². The molecule has 0 aliphatic heterocycles. The second-order valence-electron chi connectivity index (χ2n) is 8.86. The van der Waals surface area contributed by atoms with E-state index < -0.39 is 33.1 Å². The van der Waals surface area contributed by atoms with Gasteiger partial charge in [0.05, 0.1) is 16.0 Å². The zero-order valence-corrected chi connectivity index (χ0v) is 22.4. The maximum absolute atomic E-state index is 13.5. The van der Waals surface area contributed by atoms with Gasteiger partial charge in [-0.15, -0.1) is 0 Å². The summed E-state index contributed by atoms with van der Waals surface area (Å²) in [7, 11) is -4.31. The maximum Gasteiger partial charge on any atom is 0.293 e. The third-order valence-corrected chi connectivity index (χ3v) is 7.86. The number of anilines is 1. The van der Waals surface area contributed by atoms with E-state index in [1.54, 1.807) is 6.07 Å². The van der Waals surface area contributed by atoms with Crippen LogP contribution in [0.1, 0.15) is 22.5 Å². The average molecular weight is 546 g/mol. The highest BCUT2D eigenvalue weighted by atomic mass is 32.2. The van der Waals surface area contributed by atoms with E-state index in [2.05, 4.69) is 21.2 Å². The molecular formula is C28H27N5O5S. The molecule has 0 spiro atoms. The van der Waals surface area contributed by atoms with Crippen molar-refractivity contribution < 1.29 is 18.1 Å². The molecule has 0 radical (unpaired) electrons. The Morgan fingerprint density at radius 2 is 1.69 bits per heavy atom. The highest BCUT2D eigenvalue weighted by Crippen LogP contribution is 2.32. The van der Waals surface area contributed by atoms with Gasteiger partial charge < -0.3 is 4.57 Å². The zero-order valence-electron chi connectivity index (χ0n) is 21.6. The predicted octanol–water partition coefficient (Wildman–Crippen LogP) is 4.66. The molecule has 0 aliphatic carbocycles. The van der Waals surface area contributed by atoms with Crippen molar-refractivity contribution in [2.75, 3.05) is 10.8 Å². The highest BCUT2D eigenvalue weighted by Gasteiger charge is 2.31. The van der Waals surface area contributed by atoms with Crippen LogP contribution >= 0.6 is 0 Å². The molecular weight excluding hydrogens is 518 g/mol. The standard InChI is InChI=1S/C28H27N5O5S/c1-20-10-9-11-24(16-20)32-21(2)17-23(22(32)3)18-29-30-28(34)19-31(26-14-7-8-15-27(26)33(35)36)39(37,38)25-12-5-4-6-13-25/h4-18H,19H2,1-3H3,(H,30,34)/b29-18-. The van der Waals surface area contributed by atoms with E-state index in [4.69, 9.17) is 0 Å². The van der Waals surface area contributed by atoms with E-state index in [1.807, 2.05) is 45.0 Å². The number of nitrogens with zero attached hydrogens (tertiary/aromatic N) is 4. The van der Waals surface area contributed by atoms with Gasteiger partial charge in [-0.05, 0) is 62.7 Å². The summed E-state index contributed by atoms with van der Waals surface area (Å²) >= 11 is 0. The van der Waals surface area contributed by atoms with E-state index in [0.717, 1.165) is 32.5 Å². The van der Waals surface area contributed by atoms with Crippen LogP contribution in [0.4, 0.5) is 11.4 Å². The summed E-state index contributed by atoms with van der Waals surface area (Å²) in [6.45, 7) is 5.19. The zero-order chi connectivity index (χ0) is 28.2. The maximum atomic E-state index is 13.5. The first-order valence-corrected chi connectivity index (χ1v) is 13.4. The number of amides is 1. The van der Waals surface area contributed by atoms with E-state index in [0.29, 0.717) is 0 Å². The number of hydrogen-bond donors (Lipinski definition) is 1. The molecule has 1 heterocycles. The molecule has 1 N–H and O–H groups in total. The molecule has 1 amide bonds. The van der Waals surface area contributed by atoms with Crippen molar-refractivity contribution in [1.82, 2.24) is 9.99 Å². The van der Waals surface area contributed by atoms with Crippen LogP contribution < -0.4 is 9.73 Å². The van der Waals surface area contributed by atoms with Gasteiger partial charge in [-0.25, -0.2) is 18.1 Å². The Bertz CT molecular complexity index is 1660. The Balaban J connectivity index is 1.60. The summed E-state index contributed by atoms with van der Waals surface area (Å²) in [6.07, 6.45) is 1.48. The lowest BCUT2D eigenvalue weighted by molar-refractivity contribution is -0.384. The van der Waals surface area contributed by atoms with Gasteiger partial charge in [-0.2, -0.15) is 5.10 Å². The molecule has 39 heavy (non-hydrogen) atoms. The number of para-hydroxylation sites is 2. The molecule has 200 valence electrons. The molecule has 0 atom stereocenters. The first-order chi connectivity index (χ1) is 18.6. The summed E-state index contributed by atoms with van der Waals surface area (Å²) in [6, 6.07) is 22.8. The number of aromatic nitrogens is 1. The van der Waals surface area contributed by atoms with Gasteiger partial charge in [0.1, 0.15) is 12.2 Å². The van der Waals surface area contributed by atoms with Crippen LogP contribution in [0.5, 0.6) is 0 Å². The van der Waals surface area contributed by atoms with Crippen LogP contribution in [0, 0.1) is 30.9 Å². The number of rotatable bonds is 9. The van der Waals surface area contributed by atoms with E-state index in [-0.39, 0.29) is 10.6 Å². The molecule has 0 saturated carbocycles. The first-order valence-electron chi connectivity index (χ1n) is 12.0. The Morgan fingerprint density at radius 3 is 2.38 bits per heavy atom. The van der Waals surface area contributed by atoms with Crippen LogP contribution in [0.15, 0.2) is 94.9 Å². The van der Waals surface area contributed by atoms with E-state index >= 15 is 0 Å². The Labute approximate surface area is 226 Å². The summed E-state index contributed by atoms with van der Waals surface area (Å²) in [4.78, 5) is 23.7. The quantitative estimate of drug-likeness (QED) is 0.186. The summed E-state index contributed by atoms with van der Waals surface area (Å²) in [5, 5.41) is 15.7. The van der Waals surface area contributed by atoms with Gasteiger partial charge in [0.2, 0.25) is 0 Å². The fourth-order valence-electron chi connectivity index (χ4n) is 4.27. The minimum absolute atomic E-state index is 0.108. The molecule has 0 fully saturated rings. The lowest BCUT2D eigenvalue weighted by Gasteiger charge is -2.23. The Hall–Kier alpha value is -4.77. The summed E-state index contributed by atoms with van der Waals surface area (Å²) < 4.78 is 29.7. The smallest absolute Gasteiger partial charge is 0.293 e. The second-order valence-corrected chi connectivity index (χ2v) is 10.7. The largest absolute Gasteiger partial charge is 0.318 e. The molecule has 0 unspecified atom stereocenters. The topological polar surface area (TPSA) is 127 Å². The van der Waals surface area contributed by atoms with Crippen molar-refractivity contribution in [3.8, 4) is 5.69 Å². The molecule has 11 heteroatoms. The number of carbonyl (C=O) groups is 1. The lowest BCUT2D eigenvalue weighted by atomic mass is 10.2. The number of aryl methyl sites for hydroxylation is 2. The van der Waals surface area contributed by atoms with Crippen molar-refractivity contribution in [1.29, 1.82) is 0 Å². The van der Waals surface area contributed by atoms with Crippen molar-refractivity contribution in [2.45, 2.75) is 25.7 Å². The van der Waals surface area contributed by atoms with Gasteiger partial charge >= 0.3 is 0 Å². The lowest BCUT2D eigenvalue weighted by Crippen LogP contribution is -2.39. The third kappa shape index (κ3) is 5.88. The Kier molecular flexibility index (Phi) is 7.91. The monoisotopic (exact) mass is 545 g/mol. The van der Waals surface area contributed by atoms with Crippen molar-refractivity contribution in [3.63, 3.8) is 0 Å². The molecule has 3 aromatic carbocycles.